The number of benzene rings is 1. The standard InChI is InChI=1S/C16H28N2/c1-5-10-15(18(3)4)16(17,13-6-2)14-11-8-7-9-12-14/h7-9,11-12,15H,5-6,10,13,17H2,1-4H3. The van der Waals surface area contributed by atoms with E-state index in [2.05, 4.69) is 63.2 Å². The zero-order chi connectivity index (χ0) is 13.6. The van der Waals surface area contributed by atoms with Crippen LogP contribution in [-0.4, -0.2) is 25.0 Å². The van der Waals surface area contributed by atoms with Crippen LogP contribution in [0.25, 0.3) is 0 Å². The highest BCUT2D eigenvalue weighted by atomic mass is 15.1. The van der Waals surface area contributed by atoms with Gasteiger partial charge in [-0.1, -0.05) is 57.0 Å². The number of likely N-dealkylation sites (N-methyl/N-ethyl adjacent to an activating group) is 1. The van der Waals surface area contributed by atoms with Crippen LogP contribution in [0.15, 0.2) is 30.3 Å². The van der Waals surface area contributed by atoms with Crippen molar-refractivity contribution in [1.29, 1.82) is 0 Å². The maximum atomic E-state index is 6.82. The fourth-order valence-corrected chi connectivity index (χ4v) is 2.92. The summed E-state index contributed by atoms with van der Waals surface area (Å²) < 4.78 is 0. The van der Waals surface area contributed by atoms with Crippen LogP contribution in [0.2, 0.25) is 0 Å². The summed E-state index contributed by atoms with van der Waals surface area (Å²) in [6.45, 7) is 4.44. The van der Waals surface area contributed by atoms with E-state index >= 15 is 0 Å². The molecular weight excluding hydrogens is 220 g/mol. The van der Waals surface area contributed by atoms with Crippen molar-refractivity contribution >= 4 is 0 Å². The van der Waals surface area contributed by atoms with Gasteiger partial charge >= 0.3 is 0 Å². The molecule has 0 heterocycles. The van der Waals surface area contributed by atoms with Gasteiger partial charge in [0.2, 0.25) is 0 Å². The Hall–Kier alpha value is -0.860. The second kappa shape index (κ2) is 6.91. The second-order valence-corrected chi connectivity index (χ2v) is 5.42. The van der Waals surface area contributed by atoms with Crippen molar-refractivity contribution in [2.45, 2.75) is 51.1 Å². The summed E-state index contributed by atoms with van der Waals surface area (Å²) in [7, 11) is 4.28. The van der Waals surface area contributed by atoms with E-state index in [4.69, 9.17) is 5.73 Å². The van der Waals surface area contributed by atoms with Gasteiger partial charge in [0.15, 0.2) is 0 Å². The summed E-state index contributed by atoms with van der Waals surface area (Å²) in [6.07, 6.45) is 4.44. The molecule has 2 nitrogen and oxygen atoms in total. The van der Waals surface area contributed by atoms with E-state index in [1.807, 2.05) is 0 Å². The Morgan fingerprint density at radius 3 is 2.17 bits per heavy atom. The summed E-state index contributed by atoms with van der Waals surface area (Å²) in [5.41, 5.74) is 7.84. The molecule has 1 rings (SSSR count). The molecule has 0 aliphatic rings. The van der Waals surface area contributed by atoms with Crippen molar-refractivity contribution in [1.82, 2.24) is 4.90 Å². The van der Waals surface area contributed by atoms with Gasteiger partial charge in [0, 0.05) is 6.04 Å². The minimum absolute atomic E-state index is 0.241. The van der Waals surface area contributed by atoms with E-state index in [0.29, 0.717) is 6.04 Å². The predicted octanol–water partition coefficient (Wildman–Crippen LogP) is 3.37. The highest BCUT2D eigenvalue weighted by molar-refractivity contribution is 5.26. The first-order valence-electron chi connectivity index (χ1n) is 7.07. The maximum absolute atomic E-state index is 6.82. The molecule has 2 heteroatoms. The molecule has 0 saturated heterocycles. The summed E-state index contributed by atoms with van der Waals surface area (Å²) in [6, 6.07) is 11.0. The van der Waals surface area contributed by atoms with Crippen LogP contribution in [0.3, 0.4) is 0 Å². The van der Waals surface area contributed by atoms with Gasteiger partial charge in [-0.3, -0.25) is 0 Å². The van der Waals surface area contributed by atoms with Crippen LogP contribution in [0.5, 0.6) is 0 Å². The SMILES string of the molecule is CCCC(N(C)C)C(N)(CCC)c1ccccc1. The maximum Gasteiger partial charge on any atom is 0.0566 e. The average Bonchev–Trinajstić information content (AvgIpc) is 2.36. The molecule has 1 aromatic carbocycles. The van der Waals surface area contributed by atoms with Gasteiger partial charge in [-0.15, -0.1) is 0 Å². The fourth-order valence-electron chi connectivity index (χ4n) is 2.92. The lowest BCUT2D eigenvalue weighted by atomic mass is 9.77. The van der Waals surface area contributed by atoms with Crippen LogP contribution in [0.1, 0.15) is 45.1 Å². The molecule has 1 aromatic rings. The molecule has 102 valence electrons. The molecule has 0 bridgehead atoms. The average molecular weight is 248 g/mol. The lowest BCUT2D eigenvalue weighted by Gasteiger charge is -2.42. The first-order valence-corrected chi connectivity index (χ1v) is 7.07. The summed E-state index contributed by atoms with van der Waals surface area (Å²) in [4.78, 5) is 2.28. The topological polar surface area (TPSA) is 29.3 Å². The predicted molar refractivity (Wildman–Crippen MR) is 79.6 cm³/mol. The van der Waals surface area contributed by atoms with Gasteiger partial charge in [-0.05, 0) is 32.5 Å². The molecule has 2 atom stereocenters. The Kier molecular flexibility index (Phi) is 5.83. The highest BCUT2D eigenvalue weighted by Crippen LogP contribution is 2.32. The number of hydrogen-bond acceptors (Lipinski definition) is 2. The third-order valence-electron chi connectivity index (χ3n) is 3.76. The van der Waals surface area contributed by atoms with Gasteiger partial charge in [-0.2, -0.15) is 0 Å². The van der Waals surface area contributed by atoms with Crippen molar-refractivity contribution in [2.24, 2.45) is 5.73 Å². The summed E-state index contributed by atoms with van der Waals surface area (Å²) in [5.74, 6) is 0. The Bertz CT molecular complexity index is 334. The third-order valence-corrected chi connectivity index (χ3v) is 3.76. The molecule has 0 aliphatic carbocycles. The normalized spacial score (nSPS) is 16.6. The number of hydrogen-bond donors (Lipinski definition) is 1. The molecule has 2 N–H and O–H groups in total. The molecule has 0 fully saturated rings. The second-order valence-electron chi connectivity index (χ2n) is 5.42. The van der Waals surface area contributed by atoms with Gasteiger partial charge in [0.05, 0.1) is 5.54 Å². The van der Waals surface area contributed by atoms with Crippen molar-refractivity contribution in [3.05, 3.63) is 35.9 Å². The monoisotopic (exact) mass is 248 g/mol. The molecule has 0 saturated carbocycles. The zero-order valence-corrected chi connectivity index (χ0v) is 12.3. The molecule has 2 unspecified atom stereocenters. The Morgan fingerprint density at radius 2 is 1.72 bits per heavy atom. The molecule has 0 aliphatic heterocycles. The van der Waals surface area contributed by atoms with E-state index in [1.54, 1.807) is 0 Å². The largest absolute Gasteiger partial charge is 0.320 e. The molecule has 18 heavy (non-hydrogen) atoms. The van der Waals surface area contributed by atoms with Gasteiger partial charge in [0.25, 0.3) is 0 Å². The van der Waals surface area contributed by atoms with Gasteiger partial charge < -0.3 is 10.6 Å². The quantitative estimate of drug-likeness (QED) is 0.801. The third kappa shape index (κ3) is 3.33. The van der Waals surface area contributed by atoms with Crippen molar-refractivity contribution in [3.63, 3.8) is 0 Å². The van der Waals surface area contributed by atoms with Crippen LogP contribution >= 0.6 is 0 Å². The van der Waals surface area contributed by atoms with E-state index in [9.17, 15) is 0 Å². The van der Waals surface area contributed by atoms with E-state index in [1.165, 1.54) is 12.0 Å². The minimum Gasteiger partial charge on any atom is -0.320 e. The van der Waals surface area contributed by atoms with Crippen molar-refractivity contribution < 1.29 is 0 Å². The lowest BCUT2D eigenvalue weighted by Crippen LogP contribution is -2.54. The first kappa shape index (κ1) is 15.2. The molecular formula is C16H28N2. The van der Waals surface area contributed by atoms with Gasteiger partial charge in [-0.25, -0.2) is 0 Å². The van der Waals surface area contributed by atoms with Crippen LogP contribution in [0.4, 0.5) is 0 Å². The summed E-state index contributed by atoms with van der Waals surface area (Å²) >= 11 is 0. The zero-order valence-electron chi connectivity index (χ0n) is 12.3. The summed E-state index contributed by atoms with van der Waals surface area (Å²) in [5, 5.41) is 0. The van der Waals surface area contributed by atoms with Crippen LogP contribution in [0, 0.1) is 0 Å². The lowest BCUT2D eigenvalue weighted by molar-refractivity contribution is 0.153. The smallest absolute Gasteiger partial charge is 0.0566 e. The van der Waals surface area contributed by atoms with Crippen LogP contribution in [-0.2, 0) is 5.54 Å². The number of nitrogens with two attached hydrogens (primary N) is 1. The number of rotatable bonds is 7. The van der Waals surface area contributed by atoms with Crippen molar-refractivity contribution in [3.8, 4) is 0 Å². The van der Waals surface area contributed by atoms with Crippen LogP contribution < -0.4 is 5.73 Å². The van der Waals surface area contributed by atoms with E-state index in [0.717, 1.165) is 19.3 Å². The Balaban J connectivity index is 3.12. The minimum atomic E-state index is -0.241. The Morgan fingerprint density at radius 1 is 1.11 bits per heavy atom. The Labute approximate surface area is 112 Å². The molecule has 0 amide bonds. The van der Waals surface area contributed by atoms with Crippen molar-refractivity contribution in [2.75, 3.05) is 14.1 Å². The van der Waals surface area contributed by atoms with Gasteiger partial charge in [0.1, 0.15) is 0 Å². The van der Waals surface area contributed by atoms with E-state index in [-0.39, 0.29) is 5.54 Å². The molecule has 0 spiro atoms. The molecule has 0 radical (unpaired) electrons. The molecule has 0 aromatic heterocycles. The first-order chi connectivity index (χ1) is 8.56. The highest BCUT2D eigenvalue weighted by Gasteiger charge is 2.36. The fraction of sp³-hybridized carbons (Fsp3) is 0.625. The van der Waals surface area contributed by atoms with E-state index < -0.39 is 0 Å². The number of nitrogens with zero attached hydrogens (tertiary/aromatic N) is 1.